The first-order chi connectivity index (χ1) is 12.6. The van der Waals surface area contributed by atoms with Gasteiger partial charge in [-0.2, -0.15) is 0 Å². The molecule has 0 radical (unpaired) electrons. The minimum absolute atomic E-state index is 0.295. The van der Waals surface area contributed by atoms with Gasteiger partial charge in [-0.15, -0.1) is 0 Å². The molecule has 0 saturated heterocycles. The van der Waals surface area contributed by atoms with E-state index < -0.39 is 6.10 Å². The Hall–Kier alpha value is -1.39. The van der Waals surface area contributed by atoms with Crippen LogP contribution in [0.2, 0.25) is 0 Å². The van der Waals surface area contributed by atoms with Crippen LogP contribution in [0.25, 0.3) is 0 Å². The van der Waals surface area contributed by atoms with E-state index in [0.717, 1.165) is 17.9 Å². The van der Waals surface area contributed by atoms with E-state index in [-0.39, 0.29) is 5.91 Å². The van der Waals surface area contributed by atoms with Crippen molar-refractivity contribution >= 4 is 5.91 Å². The van der Waals surface area contributed by atoms with E-state index in [9.17, 15) is 9.90 Å². The van der Waals surface area contributed by atoms with Crippen LogP contribution in [0.15, 0.2) is 24.3 Å². The highest BCUT2D eigenvalue weighted by molar-refractivity contribution is 5.74. The quantitative estimate of drug-likeness (QED) is 0.303. The Labute approximate surface area is 158 Å². The molecule has 1 aromatic rings. The van der Waals surface area contributed by atoms with Crippen LogP contribution in [0, 0.1) is 5.92 Å². The Balaban J connectivity index is 1.74. The molecule has 1 aliphatic rings. The third-order valence-corrected chi connectivity index (χ3v) is 5.86. The summed E-state index contributed by atoms with van der Waals surface area (Å²) < 4.78 is 0. The molecule has 1 amide bonds. The van der Waals surface area contributed by atoms with Crippen LogP contribution in [0.3, 0.4) is 0 Å². The monoisotopic (exact) mass is 361 g/mol. The molecule has 1 aliphatic carbocycles. The van der Waals surface area contributed by atoms with Crippen molar-refractivity contribution in [2.45, 2.75) is 89.6 Å². The molecule has 4 heteroatoms. The molecule has 2 rings (SSSR count). The van der Waals surface area contributed by atoms with Crippen molar-refractivity contribution in [3.05, 3.63) is 35.4 Å². The highest BCUT2D eigenvalue weighted by atomic mass is 16.5. The van der Waals surface area contributed by atoms with E-state index in [0.29, 0.717) is 25.2 Å². The lowest BCUT2D eigenvalue weighted by atomic mass is 9.77. The summed E-state index contributed by atoms with van der Waals surface area (Å²) in [7, 11) is 0. The summed E-state index contributed by atoms with van der Waals surface area (Å²) in [4.78, 5) is 11.0. The van der Waals surface area contributed by atoms with E-state index in [2.05, 4.69) is 31.2 Å². The van der Waals surface area contributed by atoms with E-state index in [1.807, 2.05) is 0 Å². The predicted molar refractivity (Wildman–Crippen MR) is 104 cm³/mol. The summed E-state index contributed by atoms with van der Waals surface area (Å²) in [6.07, 6.45) is 11.3. The van der Waals surface area contributed by atoms with Gasteiger partial charge in [-0.1, -0.05) is 56.9 Å². The summed E-state index contributed by atoms with van der Waals surface area (Å²) >= 11 is 0. The molecule has 1 aromatic carbocycles. The van der Waals surface area contributed by atoms with Crippen LogP contribution in [-0.4, -0.2) is 16.2 Å². The Morgan fingerprint density at radius 1 is 1.12 bits per heavy atom. The Morgan fingerprint density at radius 2 is 1.81 bits per heavy atom. The lowest BCUT2D eigenvalue weighted by Crippen LogP contribution is -2.17. The van der Waals surface area contributed by atoms with Crippen LogP contribution < -0.4 is 5.48 Å². The zero-order valence-corrected chi connectivity index (χ0v) is 16.1. The Morgan fingerprint density at radius 3 is 2.42 bits per heavy atom. The molecule has 26 heavy (non-hydrogen) atoms. The first kappa shape index (κ1) is 20.9. The highest BCUT2D eigenvalue weighted by Crippen LogP contribution is 2.38. The average Bonchev–Trinajstić information content (AvgIpc) is 2.69. The summed E-state index contributed by atoms with van der Waals surface area (Å²) in [6, 6.07) is 8.50. The van der Waals surface area contributed by atoms with E-state index >= 15 is 0 Å². The number of unbranched alkanes of at least 4 members (excludes halogenated alkanes) is 2. The SMILES string of the molecule is CCCCC1CCC(c2ccc(C(O)CCCCC(=O)NO)cc2)CC1. The van der Waals surface area contributed by atoms with Crippen LogP contribution in [0.5, 0.6) is 0 Å². The molecule has 0 bridgehead atoms. The van der Waals surface area contributed by atoms with Crippen molar-refractivity contribution in [1.82, 2.24) is 5.48 Å². The number of hydrogen-bond donors (Lipinski definition) is 3. The minimum Gasteiger partial charge on any atom is -0.388 e. The normalized spacial score (nSPS) is 21.3. The van der Waals surface area contributed by atoms with Crippen molar-refractivity contribution < 1.29 is 15.1 Å². The fourth-order valence-corrected chi connectivity index (χ4v) is 4.11. The van der Waals surface area contributed by atoms with Gasteiger partial charge in [0.05, 0.1) is 6.10 Å². The van der Waals surface area contributed by atoms with Gasteiger partial charge in [0.1, 0.15) is 0 Å². The Bertz CT molecular complexity index is 521. The number of amides is 1. The molecular weight excluding hydrogens is 326 g/mol. The molecular formula is C22H35NO3. The van der Waals surface area contributed by atoms with E-state index in [1.54, 1.807) is 5.48 Å². The molecule has 3 N–H and O–H groups in total. The van der Waals surface area contributed by atoms with Crippen LogP contribution in [0.1, 0.15) is 101 Å². The number of rotatable bonds is 10. The molecule has 146 valence electrons. The number of benzene rings is 1. The first-order valence-corrected chi connectivity index (χ1v) is 10.3. The van der Waals surface area contributed by atoms with Crippen molar-refractivity contribution in [1.29, 1.82) is 0 Å². The summed E-state index contributed by atoms with van der Waals surface area (Å²) in [5, 5.41) is 18.8. The lowest BCUT2D eigenvalue weighted by Gasteiger charge is -2.29. The number of carbonyl (C=O) groups excluding carboxylic acids is 1. The van der Waals surface area contributed by atoms with Gasteiger partial charge in [-0.25, -0.2) is 5.48 Å². The third-order valence-electron chi connectivity index (χ3n) is 5.86. The van der Waals surface area contributed by atoms with Crippen molar-refractivity contribution in [3.63, 3.8) is 0 Å². The van der Waals surface area contributed by atoms with Crippen molar-refractivity contribution in [2.24, 2.45) is 5.92 Å². The maximum Gasteiger partial charge on any atom is 0.243 e. The van der Waals surface area contributed by atoms with Gasteiger partial charge in [0.25, 0.3) is 0 Å². The van der Waals surface area contributed by atoms with Gasteiger partial charge in [-0.05, 0) is 61.5 Å². The minimum atomic E-state index is -0.481. The second-order valence-electron chi connectivity index (χ2n) is 7.82. The number of hydrogen-bond acceptors (Lipinski definition) is 3. The number of aliphatic hydroxyl groups excluding tert-OH is 1. The predicted octanol–water partition coefficient (Wildman–Crippen LogP) is 5.25. The van der Waals surface area contributed by atoms with Gasteiger partial charge in [0, 0.05) is 6.42 Å². The highest BCUT2D eigenvalue weighted by Gasteiger charge is 2.22. The zero-order valence-electron chi connectivity index (χ0n) is 16.1. The second-order valence-corrected chi connectivity index (χ2v) is 7.82. The third kappa shape index (κ3) is 6.73. The smallest absolute Gasteiger partial charge is 0.243 e. The molecule has 0 spiro atoms. The first-order valence-electron chi connectivity index (χ1n) is 10.3. The summed E-state index contributed by atoms with van der Waals surface area (Å²) in [5.74, 6) is 1.24. The van der Waals surface area contributed by atoms with Crippen molar-refractivity contribution in [3.8, 4) is 0 Å². The molecule has 4 nitrogen and oxygen atoms in total. The van der Waals surface area contributed by atoms with Gasteiger partial charge in [0.2, 0.25) is 5.91 Å². The average molecular weight is 362 g/mol. The standard InChI is InChI=1S/C22H35NO3/c1-2-3-6-17-9-11-18(12-10-17)19-13-15-20(16-14-19)21(24)7-4-5-8-22(25)23-26/h13-18,21,24,26H,2-12H2,1H3,(H,23,25). The lowest BCUT2D eigenvalue weighted by molar-refractivity contribution is -0.129. The molecule has 0 heterocycles. The number of carbonyl (C=O) groups is 1. The molecule has 0 aliphatic heterocycles. The maximum atomic E-state index is 11.0. The second kappa shape index (κ2) is 11.3. The van der Waals surface area contributed by atoms with E-state index in [4.69, 9.17) is 5.21 Å². The fourth-order valence-electron chi connectivity index (χ4n) is 4.11. The van der Waals surface area contributed by atoms with Crippen molar-refractivity contribution in [2.75, 3.05) is 0 Å². The largest absolute Gasteiger partial charge is 0.388 e. The molecule has 1 saturated carbocycles. The zero-order chi connectivity index (χ0) is 18.8. The maximum absolute atomic E-state index is 11.0. The topological polar surface area (TPSA) is 69.6 Å². The Kier molecular flexibility index (Phi) is 9.13. The van der Waals surface area contributed by atoms with Crippen LogP contribution in [-0.2, 0) is 4.79 Å². The summed E-state index contributed by atoms with van der Waals surface area (Å²) in [5.41, 5.74) is 4.00. The number of hydroxylamine groups is 1. The molecule has 0 aromatic heterocycles. The van der Waals surface area contributed by atoms with E-state index in [1.165, 1.54) is 50.5 Å². The van der Waals surface area contributed by atoms with Crippen LogP contribution in [0.4, 0.5) is 0 Å². The van der Waals surface area contributed by atoms with Gasteiger partial charge in [0.15, 0.2) is 0 Å². The number of aliphatic hydroxyl groups is 1. The van der Waals surface area contributed by atoms with Gasteiger partial charge < -0.3 is 5.11 Å². The van der Waals surface area contributed by atoms with Crippen LogP contribution >= 0.6 is 0 Å². The molecule has 1 fully saturated rings. The number of nitrogens with one attached hydrogen (secondary N) is 1. The van der Waals surface area contributed by atoms with Gasteiger partial charge >= 0.3 is 0 Å². The molecule has 1 unspecified atom stereocenters. The molecule has 1 atom stereocenters. The fraction of sp³-hybridized carbons (Fsp3) is 0.682. The summed E-state index contributed by atoms with van der Waals surface area (Å²) in [6.45, 7) is 2.27. The van der Waals surface area contributed by atoms with Gasteiger partial charge in [-0.3, -0.25) is 10.0 Å².